The van der Waals surface area contributed by atoms with Gasteiger partial charge in [-0.05, 0) is 38.8 Å². The SMILES string of the molecule is CC(C)Nc1ccn([C@@H]2O[C@H](COP(=O)(NC(C)C(=O)OCc3ccccc3)OCCCN3CCOCC3)[C@@H](O)C2(F)F)c(=O)n1. The third kappa shape index (κ3) is 9.84. The third-order valence-corrected chi connectivity index (χ3v) is 8.94. The van der Waals surface area contributed by atoms with Crippen LogP contribution in [-0.2, 0) is 39.2 Å². The number of hydrogen-bond acceptors (Lipinski definition) is 12. The maximum absolute atomic E-state index is 15.2. The van der Waals surface area contributed by atoms with E-state index in [0.29, 0.717) is 30.7 Å². The highest BCUT2D eigenvalue weighted by Crippen LogP contribution is 2.47. The van der Waals surface area contributed by atoms with Crippen molar-refractivity contribution < 1.29 is 46.5 Å². The normalized spacial score (nSPS) is 23.6. The van der Waals surface area contributed by atoms with Crippen LogP contribution in [0.15, 0.2) is 47.4 Å². The molecule has 0 aliphatic carbocycles. The molecule has 3 N–H and O–H groups in total. The molecule has 256 valence electrons. The molecule has 0 bridgehead atoms. The van der Waals surface area contributed by atoms with Crippen molar-refractivity contribution in [2.24, 2.45) is 0 Å². The largest absolute Gasteiger partial charge is 0.460 e. The molecule has 2 saturated heterocycles. The number of esters is 1. The maximum Gasteiger partial charge on any atom is 0.406 e. The highest BCUT2D eigenvalue weighted by Gasteiger charge is 2.60. The second kappa shape index (κ2) is 16.3. The van der Waals surface area contributed by atoms with Gasteiger partial charge in [0.05, 0.1) is 26.4 Å². The second-order valence-electron chi connectivity index (χ2n) is 11.3. The van der Waals surface area contributed by atoms with Gasteiger partial charge in [-0.15, -0.1) is 0 Å². The number of morpholine rings is 1. The molecule has 3 heterocycles. The lowest BCUT2D eigenvalue weighted by Crippen LogP contribution is -2.42. The highest BCUT2D eigenvalue weighted by atomic mass is 31.2. The first kappa shape index (κ1) is 36.0. The minimum Gasteiger partial charge on any atom is -0.460 e. The van der Waals surface area contributed by atoms with Crippen LogP contribution in [-0.4, -0.2) is 102 Å². The fourth-order valence-electron chi connectivity index (χ4n) is 4.80. The van der Waals surface area contributed by atoms with Crippen molar-refractivity contribution in [3.63, 3.8) is 0 Å². The van der Waals surface area contributed by atoms with Crippen LogP contribution in [0.3, 0.4) is 0 Å². The predicted octanol–water partition coefficient (Wildman–Crippen LogP) is 2.54. The number of nitrogens with one attached hydrogen (secondary N) is 2. The standard InChI is InChI=1S/C29H42F2N5O9P/c1-20(2)32-24-10-12-36(28(39)33-24)27-29(30,31)25(37)23(45-27)19-44-46(40,43-15-7-11-35-13-16-41-17-14-35)34-21(3)26(38)42-18-22-8-5-4-6-9-22/h4-6,8-10,12,20-21,23,25,27,37H,7,11,13-19H2,1-3H3,(H,34,40)(H,32,33,39)/t21?,23-,25-,27-,46?/m1/s1. The van der Waals surface area contributed by atoms with E-state index < -0.39 is 56.4 Å². The second-order valence-corrected chi connectivity index (χ2v) is 13.1. The zero-order valence-electron chi connectivity index (χ0n) is 26.1. The van der Waals surface area contributed by atoms with Crippen LogP contribution < -0.4 is 16.1 Å². The number of aromatic nitrogens is 2. The molecule has 0 amide bonds. The Kier molecular flexibility index (Phi) is 12.8. The van der Waals surface area contributed by atoms with Crippen molar-refractivity contribution in [3.8, 4) is 0 Å². The van der Waals surface area contributed by atoms with Gasteiger partial charge < -0.3 is 24.6 Å². The molecular weight excluding hydrogens is 631 g/mol. The van der Waals surface area contributed by atoms with E-state index in [1.54, 1.807) is 24.3 Å². The van der Waals surface area contributed by atoms with E-state index in [9.17, 15) is 19.3 Å². The first-order chi connectivity index (χ1) is 21.9. The van der Waals surface area contributed by atoms with Gasteiger partial charge >= 0.3 is 25.3 Å². The average molecular weight is 674 g/mol. The Bertz CT molecular complexity index is 1380. The van der Waals surface area contributed by atoms with Gasteiger partial charge in [0.25, 0.3) is 0 Å². The summed E-state index contributed by atoms with van der Waals surface area (Å²) in [5.41, 5.74) is -0.285. The Morgan fingerprint density at radius 3 is 2.57 bits per heavy atom. The highest BCUT2D eigenvalue weighted by molar-refractivity contribution is 7.51. The smallest absolute Gasteiger partial charge is 0.406 e. The van der Waals surface area contributed by atoms with Gasteiger partial charge in [0.2, 0.25) is 6.23 Å². The number of aliphatic hydroxyl groups excluding tert-OH is 1. The number of ether oxygens (including phenoxy) is 3. The summed E-state index contributed by atoms with van der Waals surface area (Å²) in [6, 6.07) is 9.03. The Labute approximate surface area is 265 Å². The summed E-state index contributed by atoms with van der Waals surface area (Å²) in [5.74, 6) is -4.50. The Morgan fingerprint density at radius 2 is 1.89 bits per heavy atom. The quantitative estimate of drug-likeness (QED) is 0.136. The monoisotopic (exact) mass is 673 g/mol. The number of hydrogen-bond donors (Lipinski definition) is 3. The zero-order chi connectivity index (χ0) is 33.3. The fraction of sp³-hybridized carbons (Fsp3) is 0.621. The number of halogens is 2. The van der Waals surface area contributed by atoms with Gasteiger partial charge in [0, 0.05) is 31.9 Å². The molecule has 2 unspecified atom stereocenters. The number of rotatable bonds is 16. The molecule has 4 rings (SSSR count). The Balaban J connectivity index is 1.41. The van der Waals surface area contributed by atoms with Crippen molar-refractivity contribution in [2.45, 2.75) is 70.2 Å². The topological polar surface area (TPSA) is 163 Å². The molecule has 1 aromatic heterocycles. The zero-order valence-corrected chi connectivity index (χ0v) is 26.9. The van der Waals surface area contributed by atoms with E-state index in [2.05, 4.69) is 20.3 Å². The summed E-state index contributed by atoms with van der Waals surface area (Å²) in [6.45, 7) is 7.41. The van der Waals surface area contributed by atoms with Crippen LogP contribution in [0.2, 0.25) is 0 Å². The molecule has 46 heavy (non-hydrogen) atoms. The average Bonchev–Trinajstić information content (AvgIpc) is 3.25. The maximum atomic E-state index is 15.2. The number of anilines is 1. The van der Waals surface area contributed by atoms with E-state index in [0.717, 1.165) is 24.8 Å². The summed E-state index contributed by atoms with van der Waals surface area (Å²) >= 11 is 0. The van der Waals surface area contributed by atoms with Crippen LogP contribution in [0.4, 0.5) is 14.6 Å². The third-order valence-electron chi connectivity index (χ3n) is 7.22. The molecule has 1 aromatic carbocycles. The molecule has 0 saturated carbocycles. The molecule has 2 aliphatic rings. The lowest BCUT2D eigenvalue weighted by Gasteiger charge is -2.27. The molecule has 5 atom stereocenters. The van der Waals surface area contributed by atoms with Gasteiger partial charge in [-0.25, -0.2) is 14.4 Å². The van der Waals surface area contributed by atoms with Crippen LogP contribution in [0.5, 0.6) is 0 Å². The summed E-state index contributed by atoms with van der Waals surface area (Å²) < 4.78 is 71.9. The molecule has 14 nitrogen and oxygen atoms in total. The number of benzene rings is 1. The number of carbonyl (C=O) groups excluding carboxylic acids is 1. The predicted molar refractivity (Wildman–Crippen MR) is 162 cm³/mol. The summed E-state index contributed by atoms with van der Waals surface area (Å²) in [5, 5.41) is 15.9. The van der Waals surface area contributed by atoms with E-state index in [4.69, 9.17) is 23.3 Å². The first-order valence-corrected chi connectivity index (χ1v) is 16.7. The van der Waals surface area contributed by atoms with Gasteiger partial charge in [0.1, 0.15) is 24.6 Å². The summed E-state index contributed by atoms with van der Waals surface area (Å²) in [6.07, 6.45) is -4.82. The lowest BCUT2D eigenvalue weighted by atomic mass is 10.1. The molecule has 0 radical (unpaired) electrons. The van der Waals surface area contributed by atoms with E-state index >= 15 is 8.78 Å². The van der Waals surface area contributed by atoms with Crippen molar-refractivity contribution in [2.75, 3.05) is 51.4 Å². The number of carbonyl (C=O) groups is 1. The number of alkyl halides is 2. The Morgan fingerprint density at radius 1 is 1.17 bits per heavy atom. The molecule has 2 aromatic rings. The lowest BCUT2D eigenvalue weighted by molar-refractivity contribution is -0.146. The molecule has 2 aliphatic heterocycles. The van der Waals surface area contributed by atoms with Crippen molar-refractivity contribution in [1.29, 1.82) is 0 Å². The van der Waals surface area contributed by atoms with Gasteiger partial charge in [0.15, 0.2) is 6.10 Å². The van der Waals surface area contributed by atoms with Gasteiger partial charge in [-0.1, -0.05) is 30.3 Å². The molecule has 0 spiro atoms. The summed E-state index contributed by atoms with van der Waals surface area (Å²) in [4.78, 5) is 31.2. The minimum absolute atomic E-state index is 0.0292. The van der Waals surface area contributed by atoms with Crippen LogP contribution in [0, 0.1) is 0 Å². The van der Waals surface area contributed by atoms with Crippen molar-refractivity contribution in [1.82, 2.24) is 19.5 Å². The Hall–Kier alpha value is -2.82. The molecule has 2 fully saturated rings. The van der Waals surface area contributed by atoms with E-state index in [-0.39, 0.29) is 25.1 Å². The molecule has 17 heteroatoms. The molecular formula is C29H42F2N5O9P. The fourth-order valence-corrected chi connectivity index (χ4v) is 6.31. The van der Waals surface area contributed by atoms with Gasteiger partial charge in [-0.2, -0.15) is 13.8 Å². The van der Waals surface area contributed by atoms with Crippen molar-refractivity contribution in [3.05, 3.63) is 58.6 Å². The number of nitrogens with zero attached hydrogens (tertiary/aromatic N) is 3. The van der Waals surface area contributed by atoms with Crippen LogP contribution >= 0.6 is 7.75 Å². The summed E-state index contributed by atoms with van der Waals surface area (Å²) in [7, 11) is -4.36. The van der Waals surface area contributed by atoms with E-state index in [1.165, 1.54) is 13.0 Å². The number of aliphatic hydroxyl groups is 1. The van der Waals surface area contributed by atoms with Crippen LogP contribution in [0.1, 0.15) is 39.0 Å². The first-order valence-electron chi connectivity index (χ1n) is 15.1. The minimum atomic E-state index is -4.36. The van der Waals surface area contributed by atoms with Crippen molar-refractivity contribution >= 4 is 19.5 Å². The van der Waals surface area contributed by atoms with Gasteiger partial charge in [-0.3, -0.25) is 23.3 Å². The van der Waals surface area contributed by atoms with E-state index in [1.807, 2.05) is 19.9 Å². The van der Waals surface area contributed by atoms with Crippen LogP contribution in [0.25, 0.3) is 0 Å².